The summed E-state index contributed by atoms with van der Waals surface area (Å²) < 4.78 is 1.44. The van der Waals surface area contributed by atoms with Crippen LogP contribution in [0.2, 0.25) is 0 Å². The van der Waals surface area contributed by atoms with E-state index in [4.69, 9.17) is 0 Å². The van der Waals surface area contributed by atoms with Crippen LogP contribution in [0, 0.1) is 5.92 Å². The Balaban J connectivity index is 2.64. The van der Waals surface area contributed by atoms with Gasteiger partial charge in [-0.15, -0.1) is 0 Å². The van der Waals surface area contributed by atoms with E-state index in [9.17, 15) is 9.59 Å². The third kappa shape index (κ3) is 3.73. The van der Waals surface area contributed by atoms with Crippen molar-refractivity contribution in [1.82, 2.24) is 9.88 Å². The Kier molecular flexibility index (Phi) is 4.94. The van der Waals surface area contributed by atoms with Crippen molar-refractivity contribution in [3.8, 4) is 0 Å². The summed E-state index contributed by atoms with van der Waals surface area (Å²) in [7, 11) is 1.66. The maximum atomic E-state index is 11.8. The minimum absolute atomic E-state index is 0.166. The van der Waals surface area contributed by atoms with Crippen molar-refractivity contribution in [2.45, 2.75) is 26.7 Å². The van der Waals surface area contributed by atoms with E-state index in [0.29, 0.717) is 18.0 Å². The summed E-state index contributed by atoms with van der Waals surface area (Å²) in [5.74, 6) is 0.333. The van der Waals surface area contributed by atoms with Crippen molar-refractivity contribution in [3.05, 3.63) is 34.2 Å². The molecular formula is C13H20N2O2. The number of hydrogen-bond acceptors (Lipinski definition) is 2. The topological polar surface area (TPSA) is 51.1 Å². The Morgan fingerprint density at radius 1 is 1.41 bits per heavy atom. The lowest BCUT2D eigenvalue weighted by molar-refractivity contribution is 0.0946. The van der Waals surface area contributed by atoms with Gasteiger partial charge in [0.25, 0.3) is 11.5 Å². The highest BCUT2D eigenvalue weighted by Crippen LogP contribution is 2.05. The Hall–Kier alpha value is -1.58. The first-order chi connectivity index (χ1) is 8.08. The first-order valence-electron chi connectivity index (χ1n) is 6.03. The lowest BCUT2D eigenvalue weighted by Gasteiger charge is -2.13. The van der Waals surface area contributed by atoms with E-state index in [1.54, 1.807) is 19.3 Å². The molecule has 0 atom stereocenters. The molecule has 1 aromatic heterocycles. The SMILES string of the molecule is CCC(CC)CNC(=O)c1ccn(C)c(=O)c1. The largest absolute Gasteiger partial charge is 0.352 e. The summed E-state index contributed by atoms with van der Waals surface area (Å²) in [4.78, 5) is 23.2. The molecule has 0 aromatic carbocycles. The van der Waals surface area contributed by atoms with Crippen LogP contribution in [0.5, 0.6) is 0 Å². The summed E-state index contributed by atoms with van der Waals surface area (Å²) in [6.07, 6.45) is 3.70. The van der Waals surface area contributed by atoms with E-state index in [2.05, 4.69) is 19.2 Å². The van der Waals surface area contributed by atoms with Gasteiger partial charge < -0.3 is 9.88 Å². The molecule has 0 aliphatic rings. The molecule has 1 rings (SSSR count). The first-order valence-corrected chi connectivity index (χ1v) is 6.03. The fourth-order valence-corrected chi connectivity index (χ4v) is 1.61. The number of nitrogens with one attached hydrogen (secondary N) is 1. The highest BCUT2D eigenvalue weighted by Gasteiger charge is 2.09. The molecule has 0 saturated carbocycles. The molecule has 1 N–H and O–H groups in total. The van der Waals surface area contributed by atoms with Crippen LogP contribution < -0.4 is 10.9 Å². The second-order valence-corrected chi connectivity index (χ2v) is 4.26. The second kappa shape index (κ2) is 6.23. The average molecular weight is 236 g/mol. The standard InChI is InChI=1S/C13H20N2O2/c1-4-10(5-2)9-14-13(17)11-6-7-15(3)12(16)8-11/h6-8,10H,4-5,9H2,1-3H3,(H,14,17). The van der Waals surface area contributed by atoms with Crippen molar-refractivity contribution in [1.29, 1.82) is 0 Å². The maximum Gasteiger partial charge on any atom is 0.251 e. The molecule has 0 fully saturated rings. The lowest BCUT2D eigenvalue weighted by Crippen LogP contribution is -2.30. The van der Waals surface area contributed by atoms with Gasteiger partial charge in [-0.05, 0) is 12.0 Å². The molecule has 0 bridgehead atoms. The Morgan fingerprint density at radius 2 is 2.06 bits per heavy atom. The number of hydrogen-bond donors (Lipinski definition) is 1. The summed E-state index contributed by atoms with van der Waals surface area (Å²) in [6, 6.07) is 3.02. The molecule has 0 saturated heterocycles. The third-order valence-corrected chi connectivity index (χ3v) is 3.07. The first kappa shape index (κ1) is 13.5. The minimum atomic E-state index is -0.172. The van der Waals surface area contributed by atoms with Crippen LogP contribution in [0.15, 0.2) is 23.1 Å². The van der Waals surface area contributed by atoms with Gasteiger partial charge in [-0.1, -0.05) is 26.7 Å². The van der Waals surface area contributed by atoms with Crippen molar-refractivity contribution in [2.75, 3.05) is 6.54 Å². The quantitative estimate of drug-likeness (QED) is 0.843. The van der Waals surface area contributed by atoms with Crippen molar-refractivity contribution < 1.29 is 4.79 Å². The number of nitrogens with zero attached hydrogens (tertiary/aromatic N) is 1. The molecule has 0 spiro atoms. The van der Waals surface area contributed by atoms with E-state index < -0.39 is 0 Å². The smallest absolute Gasteiger partial charge is 0.251 e. The molecule has 94 valence electrons. The van der Waals surface area contributed by atoms with Gasteiger partial charge in [-0.3, -0.25) is 9.59 Å². The predicted molar refractivity (Wildman–Crippen MR) is 68.1 cm³/mol. The third-order valence-electron chi connectivity index (χ3n) is 3.07. The maximum absolute atomic E-state index is 11.8. The molecule has 0 radical (unpaired) electrons. The fraction of sp³-hybridized carbons (Fsp3) is 0.538. The van der Waals surface area contributed by atoms with Crippen LogP contribution >= 0.6 is 0 Å². The molecule has 0 unspecified atom stereocenters. The normalized spacial score (nSPS) is 10.6. The Labute approximate surface area is 102 Å². The van der Waals surface area contributed by atoms with Gasteiger partial charge in [0.1, 0.15) is 0 Å². The summed E-state index contributed by atoms with van der Waals surface area (Å²) >= 11 is 0. The monoisotopic (exact) mass is 236 g/mol. The molecular weight excluding hydrogens is 216 g/mol. The zero-order chi connectivity index (χ0) is 12.8. The van der Waals surface area contributed by atoms with E-state index in [1.165, 1.54) is 10.6 Å². The van der Waals surface area contributed by atoms with Crippen LogP contribution in [0.3, 0.4) is 0 Å². The average Bonchev–Trinajstić information content (AvgIpc) is 2.33. The molecule has 0 aliphatic heterocycles. The number of aromatic nitrogens is 1. The van der Waals surface area contributed by atoms with Gasteiger partial charge in [-0.2, -0.15) is 0 Å². The van der Waals surface area contributed by atoms with E-state index in [0.717, 1.165) is 12.8 Å². The van der Waals surface area contributed by atoms with Gasteiger partial charge in [0.15, 0.2) is 0 Å². The zero-order valence-corrected chi connectivity index (χ0v) is 10.7. The second-order valence-electron chi connectivity index (χ2n) is 4.26. The number of carbonyl (C=O) groups is 1. The van der Waals surface area contributed by atoms with Crippen LogP contribution in [-0.2, 0) is 7.05 Å². The fourth-order valence-electron chi connectivity index (χ4n) is 1.61. The van der Waals surface area contributed by atoms with Crippen LogP contribution in [-0.4, -0.2) is 17.0 Å². The summed E-state index contributed by atoms with van der Waals surface area (Å²) in [5.41, 5.74) is 0.263. The predicted octanol–water partition coefficient (Wildman–Crippen LogP) is 1.55. The molecule has 1 amide bonds. The number of aryl methyl sites for hydroxylation is 1. The number of rotatable bonds is 5. The van der Waals surface area contributed by atoms with Crippen molar-refractivity contribution in [3.63, 3.8) is 0 Å². The van der Waals surface area contributed by atoms with Gasteiger partial charge in [0.2, 0.25) is 0 Å². The van der Waals surface area contributed by atoms with Gasteiger partial charge in [0, 0.05) is 31.4 Å². The van der Waals surface area contributed by atoms with Gasteiger partial charge in [-0.25, -0.2) is 0 Å². The van der Waals surface area contributed by atoms with E-state index in [-0.39, 0.29) is 11.5 Å². The van der Waals surface area contributed by atoms with Gasteiger partial charge in [0.05, 0.1) is 0 Å². The number of amides is 1. The molecule has 4 nitrogen and oxygen atoms in total. The highest BCUT2D eigenvalue weighted by molar-refractivity contribution is 5.93. The molecule has 0 aliphatic carbocycles. The van der Waals surface area contributed by atoms with Gasteiger partial charge >= 0.3 is 0 Å². The van der Waals surface area contributed by atoms with Crippen molar-refractivity contribution >= 4 is 5.91 Å². The zero-order valence-electron chi connectivity index (χ0n) is 10.7. The molecule has 4 heteroatoms. The summed E-state index contributed by atoms with van der Waals surface area (Å²) in [6.45, 7) is 4.89. The molecule has 1 heterocycles. The Bertz CT molecular complexity index is 433. The van der Waals surface area contributed by atoms with Crippen molar-refractivity contribution in [2.24, 2.45) is 13.0 Å². The van der Waals surface area contributed by atoms with E-state index in [1.807, 2.05) is 0 Å². The lowest BCUT2D eigenvalue weighted by atomic mass is 10.0. The number of pyridine rings is 1. The number of carbonyl (C=O) groups excluding carboxylic acids is 1. The van der Waals surface area contributed by atoms with E-state index >= 15 is 0 Å². The molecule has 1 aromatic rings. The molecule has 17 heavy (non-hydrogen) atoms. The summed E-state index contributed by atoms with van der Waals surface area (Å²) in [5, 5.41) is 2.86. The Morgan fingerprint density at radius 3 is 2.59 bits per heavy atom. The van der Waals surface area contributed by atoms with Crippen LogP contribution in [0.25, 0.3) is 0 Å². The minimum Gasteiger partial charge on any atom is -0.352 e. The highest BCUT2D eigenvalue weighted by atomic mass is 16.2. The van der Waals surface area contributed by atoms with Crippen LogP contribution in [0.1, 0.15) is 37.0 Å². The van der Waals surface area contributed by atoms with Crippen LogP contribution in [0.4, 0.5) is 0 Å².